The number of hydrogen-bond acceptors (Lipinski definition) is 3. The minimum atomic E-state index is -0.135. The summed E-state index contributed by atoms with van der Waals surface area (Å²) in [5.74, 6) is 0.0481. The summed E-state index contributed by atoms with van der Waals surface area (Å²) in [6.07, 6.45) is 1.01. The van der Waals surface area contributed by atoms with E-state index < -0.39 is 0 Å². The zero-order valence-electron chi connectivity index (χ0n) is 11.0. The number of rotatable bonds is 2. The number of hydrogen-bond donors (Lipinski definition) is 3. The molecule has 3 rings (SSSR count). The Kier molecular flexibility index (Phi) is 3.39. The normalized spacial score (nSPS) is 13.6. The fourth-order valence-corrected chi connectivity index (χ4v) is 2.37. The first kappa shape index (κ1) is 12.7. The molecule has 0 radical (unpaired) electrons. The summed E-state index contributed by atoms with van der Waals surface area (Å²) in [6.45, 7) is 1.81. The molecule has 1 aliphatic rings. The van der Waals surface area contributed by atoms with E-state index in [9.17, 15) is 9.90 Å². The number of carbonyl (C=O) groups is 1. The smallest absolute Gasteiger partial charge is 0.255 e. The molecule has 0 bridgehead atoms. The van der Waals surface area contributed by atoms with Crippen LogP contribution >= 0.6 is 0 Å². The Labute approximate surface area is 117 Å². The molecule has 3 N–H and O–H groups in total. The molecule has 0 aliphatic carbocycles. The summed E-state index contributed by atoms with van der Waals surface area (Å²) < 4.78 is 0. The SMILES string of the molecule is O=C(Nc1ccc(O)cc1)c1ccc2c(c1)CNCC2. The molecule has 0 unspecified atom stereocenters. The second-order valence-corrected chi connectivity index (χ2v) is 4.91. The molecule has 102 valence electrons. The highest BCUT2D eigenvalue weighted by Crippen LogP contribution is 2.18. The van der Waals surface area contributed by atoms with Gasteiger partial charge in [-0.05, 0) is 60.5 Å². The fraction of sp³-hybridized carbons (Fsp3) is 0.188. The minimum absolute atomic E-state index is 0.135. The van der Waals surface area contributed by atoms with Gasteiger partial charge in [0.2, 0.25) is 0 Å². The third-order valence-electron chi connectivity index (χ3n) is 3.48. The molecule has 0 aromatic heterocycles. The molecule has 0 atom stereocenters. The first-order valence-electron chi connectivity index (χ1n) is 6.65. The Morgan fingerprint density at radius 2 is 1.90 bits per heavy atom. The lowest BCUT2D eigenvalue weighted by Gasteiger charge is -2.17. The van der Waals surface area contributed by atoms with Crippen molar-refractivity contribution in [2.45, 2.75) is 13.0 Å². The van der Waals surface area contributed by atoms with Gasteiger partial charge in [0.15, 0.2) is 0 Å². The van der Waals surface area contributed by atoms with E-state index in [0.717, 1.165) is 19.5 Å². The Morgan fingerprint density at radius 3 is 2.70 bits per heavy atom. The number of carbonyl (C=O) groups excluding carboxylic acids is 1. The zero-order chi connectivity index (χ0) is 13.9. The van der Waals surface area contributed by atoms with Gasteiger partial charge < -0.3 is 15.7 Å². The third kappa shape index (κ3) is 2.65. The maximum Gasteiger partial charge on any atom is 0.255 e. The highest BCUT2D eigenvalue weighted by molar-refractivity contribution is 6.04. The van der Waals surface area contributed by atoms with Crippen molar-refractivity contribution in [3.63, 3.8) is 0 Å². The lowest BCUT2D eigenvalue weighted by atomic mass is 9.98. The van der Waals surface area contributed by atoms with Crippen LogP contribution in [0.4, 0.5) is 5.69 Å². The van der Waals surface area contributed by atoms with Crippen LogP contribution in [-0.4, -0.2) is 17.6 Å². The van der Waals surface area contributed by atoms with Gasteiger partial charge in [0, 0.05) is 17.8 Å². The first-order valence-corrected chi connectivity index (χ1v) is 6.65. The summed E-state index contributed by atoms with van der Waals surface area (Å²) in [7, 11) is 0. The van der Waals surface area contributed by atoms with Gasteiger partial charge in [0.1, 0.15) is 5.75 Å². The van der Waals surface area contributed by atoms with Crippen molar-refractivity contribution in [2.24, 2.45) is 0 Å². The van der Waals surface area contributed by atoms with Crippen LogP contribution in [0.5, 0.6) is 5.75 Å². The topological polar surface area (TPSA) is 61.4 Å². The van der Waals surface area contributed by atoms with Gasteiger partial charge in [-0.3, -0.25) is 4.79 Å². The van der Waals surface area contributed by atoms with E-state index in [2.05, 4.69) is 10.6 Å². The number of nitrogens with one attached hydrogen (secondary N) is 2. The van der Waals surface area contributed by atoms with Crippen LogP contribution < -0.4 is 10.6 Å². The van der Waals surface area contributed by atoms with Crippen LogP contribution in [0.2, 0.25) is 0 Å². The van der Waals surface area contributed by atoms with Gasteiger partial charge in [-0.25, -0.2) is 0 Å². The maximum atomic E-state index is 12.2. The number of fused-ring (bicyclic) bond motifs is 1. The Hall–Kier alpha value is -2.33. The summed E-state index contributed by atoms with van der Waals surface area (Å²) in [5.41, 5.74) is 3.82. The van der Waals surface area contributed by atoms with Crippen molar-refractivity contribution < 1.29 is 9.90 Å². The minimum Gasteiger partial charge on any atom is -0.508 e. The molecule has 2 aromatic carbocycles. The molecule has 0 fully saturated rings. The molecule has 4 heteroatoms. The zero-order valence-corrected chi connectivity index (χ0v) is 11.0. The Balaban J connectivity index is 1.78. The number of benzene rings is 2. The van der Waals surface area contributed by atoms with Crippen molar-refractivity contribution in [1.29, 1.82) is 0 Å². The Bertz CT molecular complexity index is 635. The number of phenols is 1. The van der Waals surface area contributed by atoms with Crippen molar-refractivity contribution in [3.05, 3.63) is 59.2 Å². The van der Waals surface area contributed by atoms with E-state index in [-0.39, 0.29) is 11.7 Å². The number of phenolic OH excluding ortho intramolecular Hbond substituents is 1. The summed E-state index contributed by atoms with van der Waals surface area (Å²) in [4.78, 5) is 12.2. The highest BCUT2D eigenvalue weighted by atomic mass is 16.3. The van der Waals surface area contributed by atoms with Crippen LogP contribution in [0.15, 0.2) is 42.5 Å². The fourth-order valence-electron chi connectivity index (χ4n) is 2.37. The summed E-state index contributed by atoms with van der Waals surface area (Å²) in [6, 6.07) is 12.3. The predicted molar refractivity (Wildman–Crippen MR) is 77.9 cm³/mol. The van der Waals surface area contributed by atoms with Crippen LogP contribution in [0, 0.1) is 0 Å². The van der Waals surface area contributed by atoms with Crippen molar-refractivity contribution in [1.82, 2.24) is 5.32 Å². The van der Waals surface area contributed by atoms with E-state index in [1.54, 1.807) is 24.3 Å². The number of anilines is 1. The molecular formula is C16H16N2O2. The van der Waals surface area contributed by atoms with Crippen LogP contribution in [0.1, 0.15) is 21.5 Å². The standard InChI is InChI=1S/C16H16N2O2/c19-15-5-3-14(4-6-15)18-16(20)12-2-1-11-7-8-17-10-13(11)9-12/h1-6,9,17,19H,7-8,10H2,(H,18,20). The van der Waals surface area contributed by atoms with Gasteiger partial charge in [-0.2, -0.15) is 0 Å². The Morgan fingerprint density at radius 1 is 1.10 bits per heavy atom. The van der Waals surface area contributed by atoms with Gasteiger partial charge in [0.25, 0.3) is 5.91 Å². The molecule has 0 spiro atoms. The maximum absolute atomic E-state index is 12.2. The third-order valence-corrected chi connectivity index (χ3v) is 3.48. The van der Waals surface area contributed by atoms with E-state index in [1.807, 2.05) is 18.2 Å². The lowest BCUT2D eigenvalue weighted by Crippen LogP contribution is -2.24. The summed E-state index contributed by atoms with van der Waals surface area (Å²) in [5, 5.41) is 15.3. The van der Waals surface area contributed by atoms with Crippen LogP contribution in [0.25, 0.3) is 0 Å². The highest BCUT2D eigenvalue weighted by Gasteiger charge is 2.12. The van der Waals surface area contributed by atoms with Crippen molar-refractivity contribution in [3.8, 4) is 5.75 Å². The van der Waals surface area contributed by atoms with E-state index >= 15 is 0 Å². The molecule has 4 nitrogen and oxygen atoms in total. The van der Waals surface area contributed by atoms with E-state index in [4.69, 9.17) is 0 Å². The largest absolute Gasteiger partial charge is 0.508 e. The van der Waals surface area contributed by atoms with Crippen LogP contribution in [-0.2, 0) is 13.0 Å². The lowest BCUT2D eigenvalue weighted by molar-refractivity contribution is 0.102. The van der Waals surface area contributed by atoms with Crippen molar-refractivity contribution in [2.75, 3.05) is 11.9 Å². The molecule has 1 heterocycles. The molecule has 1 aliphatic heterocycles. The number of amides is 1. The second kappa shape index (κ2) is 5.35. The quantitative estimate of drug-likeness (QED) is 0.732. The molecule has 1 amide bonds. The first-order chi connectivity index (χ1) is 9.72. The van der Waals surface area contributed by atoms with E-state index in [1.165, 1.54) is 11.1 Å². The summed E-state index contributed by atoms with van der Waals surface area (Å²) >= 11 is 0. The van der Waals surface area contributed by atoms with Gasteiger partial charge in [0.05, 0.1) is 0 Å². The molecule has 0 saturated heterocycles. The van der Waals surface area contributed by atoms with Crippen LogP contribution in [0.3, 0.4) is 0 Å². The van der Waals surface area contributed by atoms with Gasteiger partial charge >= 0.3 is 0 Å². The monoisotopic (exact) mass is 268 g/mol. The van der Waals surface area contributed by atoms with Crippen molar-refractivity contribution >= 4 is 11.6 Å². The van der Waals surface area contributed by atoms with E-state index in [0.29, 0.717) is 11.3 Å². The average molecular weight is 268 g/mol. The van der Waals surface area contributed by atoms with Gasteiger partial charge in [-0.15, -0.1) is 0 Å². The number of aromatic hydroxyl groups is 1. The molecule has 2 aromatic rings. The van der Waals surface area contributed by atoms with Gasteiger partial charge in [-0.1, -0.05) is 6.07 Å². The molecule has 20 heavy (non-hydrogen) atoms. The second-order valence-electron chi connectivity index (χ2n) is 4.91. The predicted octanol–water partition coefficient (Wildman–Crippen LogP) is 2.29. The molecule has 0 saturated carbocycles. The average Bonchev–Trinajstić information content (AvgIpc) is 2.49. The molecular weight excluding hydrogens is 252 g/mol.